The summed E-state index contributed by atoms with van der Waals surface area (Å²) in [4.78, 5) is 12.1. The second-order valence-corrected chi connectivity index (χ2v) is 6.36. The number of benzene rings is 1. The maximum Gasteiger partial charge on any atom is 0.243 e. The summed E-state index contributed by atoms with van der Waals surface area (Å²) in [5.74, 6) is -0.0566. The summed E-state index contributed by atoms with van der Waals surface area (Å²) in [7, 11) is 0. The van der Waals surface area contributed by atoms with Crippen LogP contribution in [0.2, 0.25) is 0 Å². The van der Waals surface area contributed by atoms with Crippen molar-refractivity contribution in [1.82, 2.24) is 15.1 Å². The number of nitrogens with one attached hydrogen (secondary N) is 2. The average Bonchev–Trinajstić information content (AvgIpc) is 3.00. The number of amides is 1. The number of halogens is 2. The molecule has 0 spiro atoms. The third kappa shape index (κ3) is 5.31. The van der Waals surface area contributed by atoms with Crippen LogP contribution in [0.25, 0.3) is 0 Å². The third-order valence-electron chi connectivity index (χ3n) is 3.69. The fourth-order valence-corrected chi connectivity index (χ4v) is 2.75. The molecule has 1 atom stereocenters. The monoisotopic (exact) mass is 414 g/mol. The lowest BCUT2D eigenvalue weighted by molar-refractivity contribution is -0.120. The van der Waals surface area contributed by atoms with Crippen LogP contribution in [0.15, 0.2) is 41.1 Å². The van der Waals surface area contributed by atoms with Gasteiger partial charge in [-0.2, -0.15) is 5.10 Å². The standard InChI is InChI=1S/C16H19BrN4O2.ClH/c17-13-9-19-21(10-13)7-5-12-1-3-14(4-2-12)20-16(22)15-11-23-8-6-18-15;/h1-4,9-10,15,18H,5-8,11H2,(H,20,22);1H. The van der Waals surface area contributed by atoms with Crippen LogP contribution in [0.1, 0.15) is 5.56 Å². The van der Waals surface area contributed by atoms with E-state index >= 15 is 0 Å². The first-order chi connectivity index (χ1) is 11.2. The number of hydrogen-bond donors (Lipinski definition) is 2. The Morgan fingerprint density at radius 3 is 2.83 bits per heavy atom. The van der Waals surface area contributed by atoms with Crippen molar-refractivity contribution < 1.29 is 9.53 Å². The molecule has 8 heteroatoms. The summed E-state index contributed by atoms with van der Waals surface area (Å²) in [6.07, 6.45) is 4.62. The maximum atomic E-state index is 12.1. The molecule has 2 N–H and O–H groups in total. The van der Waals surface area contributed by atoms with Gasteiger partial charge in [-0.15, -0.1) is 12.4 Å². The van der Waals surface area contributed by atoms with Gasteiger partial charge in [0.25, 0.3) is 0 Å². The number of morpholine rings is 1. The lowest BCUT2D eigenvalue weighted by atomic mass is 10.1. The molecule has 0 aliphatic carbocycles. The predicted molar refractivity (Wildman–Crippen MR) is 98.6 cm³/mol. The molecule has 6 nitrogen and oxygen atoms in total. The minimum atomic E-state index is -0.276. The van der Waals surface area contributed by atoms with Crippen molar-refractivity contribution >= 4 is 39.9 Å². The predicted octanol–water partition coefficient (Wildman–Crippen LogP) is 2.24. The van der Waals surface area contributed by atoms with E-state index in [4.69, 9.17) is 4.74 Å². The van der Waals surface area contributed by atoms with Crippen molar-refractivity contribution in [2.75, 3.05) is 25.1 Å². The van der Waals surface area contributed by atoms with Gasteiger partial charge in [0.2, 0.25) is 5.91 Å². The molecule has 0 bridgehead atoms. The van der Waals surface area contributed by atoms with Crippen LogP contribution in [0.5, 0.6) is 0 Å². The number of ether oxygens (including phenoxy) is 1. The normalized spacial score (nSPS) is 17.1. The molecule has 1 aromatic heterocycles. The number of rotatable bonds is 5. The Hall–Kier alpha value is -1.41. The van der Waals surface area contributed by atoms with E-state index in [1.165, 1.54) is 5.56 Å². The second kappa shape index (κ2) is 9.17. The molecule has 1 aliphatic rings. The van der Waals surface area contributed by atoms with Crippen molar-refractivity contribution in [3.63, 3.8) is 0 Å². The molecular weight excluding hydrogens is 396 g/mol. The molecule has 1 amide bonds. The molecule has 24 heavy (non-hydrogen) atoms. The molecule has 2 aromatic rings. The van der Waals surface area contributed by atoms with Gasteiger partial charge < -0.3 is 15.4 Å². The Labute approximate surface area is 155 Å². The van der Waals surface area contributed by atoms with Crippen molar-refractivity contribution in [2.24, 2.45) is 0 Å². The molecule has 1 fully saturated rings. The van der Waals surface area contributed by atoms with E-state index in [9.17, 15) is 4.79 Å². The van der Waals surface area contributed by atoms with Crippen LogP contribution in [0, 0.1) is 0 Å². The van der Waals surface area contributed by atoms with Gasteiger partial charge in [0, 0.05) is 25.0 Å². The van der Waals surface area contributed by atoms with E-state index in [0.717, 1.165) is 23.1 Å². The first-order valence-corrected chi connectivity index (χ1v) is 8.39. The molecule has 1 aliphatic heterocycles. The van der Waals surface area contributed by atoms with E-state index in [2.05, 4.69) is 31.7 Å². The number of nitrogens with zero attached hydrogens (tertiary/aromatic N) is 2. The zero-order valence-electron chi connectivity index (χ0n) is 13.1. The summed E-state index contributed by atoms with van der Waals surface area (Å²) >= 11 is 3.39. The highest BCUT2D eigenvalue weighted by Gasteiger charge is 2.20. The fraction of sp³-hybridized carbons (Fsp3) is 0.375. The van der Waals surface area contributed by atoms with Gasteiger partial charge in [-0.05, 0) is 40.0 Å². The molecule has 0 radical (unpaired) electrons. The minimum absolute atomic E-state index is 0. The zero-order valence-corrected chi connectivity index (χ0v) is 15.5. The van der Waals surface area contributed by atoms with Crippen molar-refractivity contribution in [3.8, 4) is 0 Å². The highest BCUT2D eigenvalue weighted by atomic mass is 79.9. The Bertz CT molecular complexity index is 656. The minimum Gasteiger partial charge on any atom is -0.378 e. The maximum absolute atomic E-state index is 12.1. The quantitative estimate of drug-likeness (QED) is 0.786. The lowest BCUT2D eigenvalue weighted by Gasteiger charge is -2.22. The largest absolute Gasteiger partial charge is 0.378 e. The van der Waals surface area contributed by atoms with Crippen LogP contribution in [0.3, 0.4) is 0 Å². The summed E-state index contributed by atoms with van der Waals surface area (Å²) in [6.45, 7) is 2.61. The first-order valence-electron chi connectivity index (χ1n) is 7.59. The summed E-state index contributed by atoms with van der Waals surface area (Å²) in [5.41, 5.74) is 2.00. The molecule has 0 saturated carbocycles. The van der Waals surface area contributed by atoms with Crippen LogP contribution >= 0.6 is 28.3 Å². The molecule has 1 unspecified atom stereocenters. The first kappa shape index (κ1) is 18.9. The van der Waals surface area contributed by atoms with Crippen molar-refractivity contribution in [3.05, 3.63) is 46.7 Å². The Balaban J connectivity index is 0.00000208. The molecule has 2 heterocycles. The van der Waals surface area contributed by atoms with Gasteiger partial charge in [0.1, 0.15) is 6.04 Å². The van der Waals surface area contributed by atoms with Crippen LogP contribution in [-0.4, -0.2) is 41.5 Å². The van der Waals surface area contributed by atoms with Crippen molar-refractivity contribution in [2.45, 2.75) is 19.0 Å². The van der Waals surface area contributed by atoms with E-state index in [1.807, 2.05) is 35.1 Å². The summed E-state index contributed by atoms with van der Waals surface area (Å²) < 4.78 is 8.18. The zero-order chi connectivity index (χ0) is 16.1. The number of anilines is 1. The van der Waals surface area contributed by atoms with Crippen LogP contribution in [0.4, 0.5) is 5.69 Å². The topological polar surface area (TPSA) is 68.2 Å². The molecular formula is C16H20BrClN4O2. The van der Waals surface area contributed by atoms with Crippen molar-refractivity contribution in [1.29, 1.82) is 0 Å². The number of carbonyl (C=O) groups excluding carboxylic acids is 1. The van der Waals surface area contributed by atoms with Gasteiger partial charge >= 0.3 is 0 Å². The van der Waals surface area contributed by atoms with Gasteiger partial charge in [-0.3, -0.25) is 9.48 Å². The third-order valence-corrected chi connectivity index (χ3v) is 4.10. The second-order valence-electron chi connectivity index (χ2n) is 5.44. The SMILES string of the molecule is Cl.O=C(Nc1ccc(CCn2cc(Br)cn2)cc1)C1COCCN1. The smallest absolute Gasteiger partial charge is 0.243 e. The van der Waals surface area contributed by atoms with Gasteiger partial charge in [-0.25, -0.2) is 0 Å². The molecule has 3 rings (SSSR count). The molecule has 130 valence electrons. The number of aryl methyl sites for hydroxylation is 2. The highest BCUT2D eigenvalue weighted by molar-refractivity contribution is 9.10. The van der Waals surface area contributed by atoms with Crippen LogP contribution in [-0.2, 0) is 22.5 Å². The Kier molecular flexibility index (Phi) is 7.23. The number of carbonyl (C=O) groups is 1. The van der Waals surface area contributed by atoms with E-state index < -0.39 is 0 Å². The van der Waals surface area contributed by atoms with Gasteiger partial charge in [0.15, 0.2) is 0 Å². The number of hydrogen-bond acceptors (Lipinski definition) is 4. The van der Waals surface area contributed by atoms with E-state index in [0.29, 0.717) is 19.8 Å². The van der Waals surface area contributed by atoms with Gasteiger partial charge in [0.05, 0.1) is 23.9 Å². The molecule has 1 aromatic carbocycles. The van der Waals surface area contributed by atoms with Crippen LogP contribution < -0.4 is 10.6 Å². The molecule has 1 saturated heterocycles. The highest BCUT2D eigenvalue weighted by Crippen LogP contribution is 2.12. The van der Waals surface area contributed by atoms with E-state index in [1.54, 1.807) is 6.20 Å². The summed E-state index contributed by atoms with van der Waals surface area (Å²) in [5, 5.41) is 10.3. The Morgan fingerprint density at radius 1 is 1.42 bits per heavy atom. The Morgan fingerprint density at radius 2 is 2.21 bits per heavy atom. The van der Waals surface area contributed by atoms with E-state index in [-0.39, 0.29) is 24.4 Å². The lowest BCUT2D eigenvalue weighted by Crippen LogP contribution is -2.48. The number of aromatic nitrogens is 2. The fourth-order valence-electron chi connectivity index (χ4n) is 2.42. The summed E-state index contributed by atoms with van der Waals surface area (Å²) in [6, 6.07) is 7.63. The average molecular weight is 416 g/mol. The van der Waals surface area contributed by atoms with Gasteiger partial charge in [-0.1, -0.05) is 12.1 Å².